The first-order valence-electron chi connectivity index (χ1n) is 13.7. The van der Waals surface area contributed by atoms with E-state index in [0.29, 0.717) is 24.9 Å². The van der Waals surface area contributed by atoms with E-state index in [-0.39, 0.29) is 30.5 Å². The fourth-order valence-corrected chi connectivity index (χ4v) is 8.04. The average molecular weight is 562 g/mol. The van der Waals surface area contributed by atoms with Gasteiger partial charge in [-0.1, -0.05) is 26.8 Å². The standard InChI is InChI=1S/C27H40N5O6P/c1-5-19-13-27(19,39(36,37)16-18-14-28-17-29-15-18)31-23(33)21-11-8-12-32(21)24(34)22(26(2,3)4)30-25(35)38-20-9-6-7-10-20/h5,14-15,17,19-22H,1,6-13,16H2,2-4H3,(H,30,35)(H,31,33)(H,36,37)/t19-,21+,22?,27+/m1/s1. The monoisotopic (exact) mass is 561 g/mol. The minimum absolute atomic E-state index is 0.143. The van der Waals surface area contributed by atoms with Crippen molar-refractivity contribution in [2.24, 2.45) is 11.3 Å². The largest absolute Gasteiger partial charge is 0.446 e. The van der Waals surface area contributed by atoms with Gasteiger partial charge >= 0.3 is 6.09 Å². The molecule has 4 rings (SSSR count). The van der Waals surface area contributed by atoms with Crippen LogP contribution in [0.4, 0.5) is 4.79 Å². The van der Waals surface area contributed by atoms with Crippen LogP contribution in [-0.4, -0.2) is 67.7 Å². The van der Waals surface area contributed by atoms with Gasteiger partial charge in [-0.25, -0.2) is 14.8 Å². The fraction of sp³-hybridized carbons (Fsp3) is 0.667. The van der Waals surface area contributed by atoms with E-state index in [2.05, 4.69) is 27.2 Å². The van der Waals surface area contributed by atoms with E-state index in [4.69, 9.17) is 4.74 Å². The van der Waals surface area contributed by atoms with Gasteiger partial charge in [-0.05, 0) is 55.9 Å². The number of aromatic nitrogens is 2. The molecule has 1 aromatic heterocycles. The molecule has 214 valence electrons. The summed E-state index contributed by atoms with van der Waals surface area (Å²) in [6.45, 7) is 9.66. The first-order valence-corrected chi connectivity index (χ1v) is 15.5. The molecule has 1 aliphatic heterocycles. The van der Waals surface area contributed by atoms with Crippen molar-refractivity contribution < 1.29 is 28.6 Å². The maximum Gasteiger partial charge on any atom is 0.408 e. The topological polar surface area (TPSA) is 151 Å². The molecule has 11 nitrogen and oxygen atoms in total. The molecule has 2 saturated carbocycles. The van der Waals surface area contributed by atoms with Crippen LogP contribution in [-0.2, 0) is 25.1 Å². The molecule has 12 heteroatoms. The number of ether oxygens (including phenoxy) is 1. The number of likely N-dealkylation sites (tertiary alicyclic amines) is 1. The van der Waals surface area contributed by atoms with Crippen LogP contribution in [0.5, 0.6) is 0 Å². The van der Waals surface area contributed by atoms with Crippen molar-refractivity contribution in [1.82, 2.24) is 25.5 Å². The second kappa shape index (κ2) is 11.4. The summed E-state index contributed by atoms with van der Waals surface area (Å²) in [5.74, 6) is -1.23. The van der Waals surface area contributed by atoms with Crippen molar-refractivity contribution in [2.75, 3.05) is 6.54 Å². The van der Waals surface area contributed by atoms with Crippen LogP contribution in [0.3, 0.4) is 0 Å². The van der Waals surface area contributed by atoms with E-state index in [9.17, 15) is 23.8 Å². The lowest BCUT2D eigenvalue weighted by Crippen LogP contribution is -2.58. The SMILES string of the molecule is C=C[C@@H]1C[C@]1(NC(=O)[C@@H]1CCCN1C(=O)C(NC(=O)OC1CCCC1)C(C)(C)C)P(=O)(O)Cc1cncnc1. The highest BCUT2D eigenvalue weighted by Crippen LogP contribution is 2.70. The summed E-state index contributed by atoms with van der Waals surface area (Å²) < 4.78 is 19.1. The Morgan fingerprint density at radius 1 is 1.23 bits per heavy atom. The van der Waals surface area contributed by atoms with Gasteiger partial charge in [0.1, 0.15) is 29.8 Å². The molecule has 1 aromatic rings. The highest BCUT2D eigenvalue weighted by Gasteiger charge is 2.65. The first-order chi connectivity index (χ1) is 18.4. The molecule has 39 heavy (non-hydrogen) atoms. The minimum atomic E-state index is -3.96. The van der Waals surface area contributed by atoms with Crippen LogP contribution in [0, 0.1) is 11.3 Å². The van der Waals surface area contributed by atoms with Crippen molar-refractivity contribution in [1.29, 1.82) is 0 Å². The Labute approximate surface area is 229 Å². The maximum atomic E-state index is 13.8. The number of rotatable bonds is 9. The summed E-state index contributed by atoms with van der Waals surface area (Å²) >= 11 is 0. The lowest BCUT2D eigenvalue weighted by Gasteiger charge is -2.36. The van der Waals surface area contributed by atoms with Crippen LogP contribution >= 0.6 is 7.37 Å². The highest BCUT2D eigenvalue weighted by atomic mass is 31.2. The Bertz CT molecular complexity index is 1140. The smallest absolute Gasteiger partial charge is 0.408 e. The van der Waals surface area contributed by atoms with Gasteiger partial charge in [0.05, 0.1) is 6.16 Å². The molecule has 2 aliphatic carbocycles. The quantitative estimate of drug-likeness (QED) is 0.307. The number of hydrogen-bond acceptors (Lipinski definition) is 7. The normalized spacial score (nSPS) is 27.3. The number of carbonyl (C=O) groups excluding carboxylic acids is 3. The summed E-state index contributed by atoms with van der Waals surface area (Å²) in [5.41, 5.74) is -0.146. The zero-order valence-electron chi connectivity index (χ0n) is 23.0. The number of carbonyl (C=O) groups is 3. The lowest BCUT2D eigenvalue weighted by atomic mass is 9.85. The van der Waals surface area contributed by atoms with E-state index in [1.807, 2.05) is 20.8 Å². The van der Waals surface area contributed by atoms with Gasteiger partial charge in [0.15, 0.2) is 0 Å². The van der Waals surface area contributed by atoms with Crippen molar-refractivity contribution in [3.8, 4) is 0 Å². The van der Waals surface area contributed by atoms with Crippen LogP contribution in [0.15, 0.2) is 31.4 Å². The van der Waals surface area contributed by atoms with Crippen molar-refractivity contribution in [3.05, 3.63) is 36.9 Å². The molecule has 2 heterocycles. The van der Waals surface area contributed by atoms with Crippen LogP contribution in [0.2, 0.25) is 0 Å². The van der Waals surface area contributed by atoms with Gasteiger partial charge in [0.25, 0.3) is 0 Å². The van der Waals surface area contributed by atoms with Gasteiger partial charge < -0.3 is 25.2 Å². The zero-order chi connectivity index (χ0) is 28.4. The zero-order valence-corrected chi connectivity index (χ0v) is 23.9. The number of hydrogen-bond donors (Lipinski definition) is 3. The van der Waals surface area contributed by atoms with Gasteiger partial charge in [-0.3, -0.25) is 14.2 Å². The summed E-state index contributed by atoms with van der Waals surface area (Å²) in [6, 6.07) is -1.73. The highest BCUT2D eigenvalue weighted by molar-refractivity contribution is 7.59. The Hall–Kier alpha value is -2.78. The Morgan fingerprint density at radius 2 is 1.90 bits per heavy atom. The Morgan fingerprint density at radius 3 is 2.49 bits per heavy atom. The van der Waals surface area contributed by atoms with Gasteiger partial charge in [-0.2, -0.15) is 0 Å². The minimum Gasteiger partial charge on any atom is -0.446 e. The van der Waals surface area contributed by atoms with E-state index < -0.39 is 42.1 Å². The van der Waals surface area contributed by atoms with Crippen molar-refractivity contribution in [3.63, 3.8) is 0 Å². The molecule has 5 atom stereocenters. The predicted molar refractivity (Wildman–Crippen MR) is 145 cm³/mol. The second-order valence-corrected chi connectivity index (χ2v) is 14.5. The molecule has 2 unspecified atom stereocenters. The number of nitrogens with one attached hydrogen (secondary N) is 2. The molecule has 3 amide bonds. The number of amides is 3. The first kappa shape index (κ1) is 29.2. The van der Waals surface area contributed by atoms with Crippen LogP contribution in [0.25, 0.3) is 0 Å². The predicted octanol–water partition coefficient (Wildman–Crippen LogP) is 3.34. The fourth-order valence-electron chi connectivity index (χ4n) is 5.71. The molecule has 3 fully saturated rings. The Balaban J connectivity index is 1.48. The van der Waals surface area contributed by atoms with E-state index in [0.717, 1.165) is 25.7 Å². The van der Waals surface area contributed by atoms with E-state index in [1.165, 1.54) is 23.6 Å². The molecule has 0 radical (unpaired) electrons. The number of nitrogens with zero attached hydrogens (tertiary/aromatic N) is 3. The van der Waals surface area contributed by atoms with Gasteiger partial charge in [0, 0.05) is 24.9 Å². The van der Waals surface area contributed by atoms with Gasteiger partial charge in [0.2, 0.25) is 19.2 Å². The Kier molecular flexibility index (Phi) is 8.52. The van der Waals surface area contributed by atoms with E-state index in [1.54, 1.807) is 6.08 Å². The summed E-state index contributed by atoms with van der Waals surface area (Å²) in [5, 5.41) is 4.25. The summed E-state index contributed by atoms with van der Waals surface area (Å²) in [4.78, 5) is 60.5. The average Bonchev–Trinajstić information content (AvgIpc) is 3.20. The molecular formula is C27H40N5O6P. The molecule has 0 aromatic carbocycles. The van der Waals surface area contributed by atoms with Crippen molar-refractivity contribution >= 4 is 25.3 Å². The maximum absolute atomic E-state index is 13.8. The lowest BCUT2D eigenvalue weighted by molar-refractivity contribution is -0.142. The molecule has 3 aliphatic rings. The third kappa shape index (κ3) is 6.35. The van der Waals surface area contributed by atoms with E-state index >= 15 is 0 Å². The molecule has 3 N–H and O–H groups in total. The number of alkyl carbamates (subject to hydrolysis) is 1. The molecular weight excluding hydrogens is 521 g/mol. The van der Waals surface area contributed by atoms with Gasteiger partial charge in [-0.15, -0.1) is 6.58 Å². The third-order valence-electron chi connectivity index (χ3n) is 8.03. The molecule has 0 bridgehead atoms. The second-order valence-electron chi connectivity index (χ2n) is 12.0. The summed E-state index contributed by atoms with van der Waals surface area (Å²) in [6.07, 6.45) is 9.86. The van der Waals surface area contributed by atoms with Crippen LogP contribution < -0.4 is 10.6 Å². The van der Waals surface area contributed by atoms with Crippen molar-refractivity contribution in [2.45, 2.75) is 95.3 Å². The molecule has 0 spiro atoms. The third-order valence-corrected chi connectivity index (χ3v) is 10.7. The summed E-state index contributed by atoms with van der Waals surface area (Å²) in [7, 11) is -3.96. The van der Waals surface area contributed by atoms with Crippen LogP contribution in [0.1, 0.15) is 71.3 Å². The molecule has 1 saturated heterocycles.